The third-order valence-electron chi connectivity index (χ3n) is 3.85. The van der Waals surface area contributed by atoms with E-state index in [1.54, 1.807) is 12.1 Å². The first kappa shape index (κ1) is 17.2. The van der Waals surface area contributed by atoms with Crippen LogP contribution in [0.3, 0.4) is 0 Å². The second kappa shape index (κ2) is 7.90. The number of nitrogens with one attached hydrogen (secondary N) is 2. The molecule has 1 aromatic rings. The summed E-state index contributed by atoms with van der Waals surface area (Å²) >= 11 is 6.17. The summed E-state index contributed by atoms with van der Waals surface area (Å²) in [6, 6.07) is 3.42. The van der Waals surface area contributed by atoms with Gasteiger partial charge in [-0.05, 0) is 31.8 Å². The molecule has 1 fully saturated rings. The molecule has 3 rings (SSSR count). The van der Waals surface area contributed by atoms with Crippen LogP contribution in [0.15, 0.2) is 12.1 Å². The van der Waals surface area contributed by atoms with E-state index in [1.807, 2.05) is 0 Å². The highest BCUT2D eigenvalue weighted by Gasteiger charge is 2.18. The molecule has 1 aromatic carbocycles. The summed E-state index contributed by atoms with van der Waals surface area (Å²) in [6.45, 7) is 3.10. The zero-order valence-corrected chi connectivity index (χ0v) is 13.8. The lowest BCUT2D eigenvalue weighted by atomic mass is 10.0. The Hall–Kier alpha value is -1.17. The second-order valence-corrected chi connectivity index (χ2v) is 5.83. The van der Waals surface area contributed by atoms with Gasteiger partial charge in [0, 0.05) is 18.6 Å². The lowest BCUT2D eigenvalue weighted by molar-refractivity contribution is -0.116. The predicted molar refractivity (Wildman–Crippen MR) is 88.5 cm³/mol. The largest absolute Gasteiger partial charge is 0.486 e. The third-order valence-corrected chi connectivity index (χ3v) is 4.16. The fourth-order valence-electron chi connectivity index (χ4n) is 2.67. The van der Waals surface area contributed by atoms with Crippen molar-refractivity contribution in [1.29, 1.82) is 0 Å². The number of anilines is 1. The number of halogens is 2. The second-order valence-electron chi connectivity index (χ2n) is 5.42. The highest BCUT2D eigenvalue weighted by Crippen LogP contribution is 2.38. The van der Waals surface area contributed by atoms with Gasteiger partial charge in [0.05, 0.1) is 10.7 Å². The van der Waals surface area contributed by atoms with Gasteiger partial charge in [-0.2, -0.15) is 0 Å². The fraction of sp³-hybridized carbons (Fsp3) is 0.533. The molecule has 2 heterocycles. The summed E-state index contributed by atoms with van der Waals surface area (Å²) in [5, 5.41) is 6.63. The summed E-state index contributed by atoms with van der Waals surface area (Å²) in [6.07, 6.45) is 2.57. The first-order chi connectivity index (χ1) is 10.2. The van der Waals surface area contributed by atoms with Crippen molar-refractivity contribution in [1.82, 2.24) is 5.32 Å². The van der Waals surface area contributed by atoms with Crippen molar-refractivity contribution in [2.24, 2.45) is 5.92 Å². The Bertz CT molecular complexity index is 534. The van der Waals surface area contributed by atoms with Crippen LogP contribution in [0.25, 0.3) is 0 Å². The van der Waals surface area contributed by atoms with Gasteiger partial charge < -0.3 is 20.1 Å². The third kappa shape index (κ3) is 4.18. The molecule has 0 spiro atoms. The van der Waals surface area contributed by atoms with E-state index < -0.39 is 0 Å². The molecule has 1 amide bonds. The summed E-state index contributed by atoms with van der Waals surface area (Å²) in [5.41, 5.74) is 0.579. The van der Waals surface area contributed by atoms with Crippen molar-refractivity contribution >= 4 is 35.6 Å². The Morgan fingerprint density at radius 2 is 2.05 bits per heavy atom. The molecule has 2 aliphatic heterocycles. The van der Waals surface area contributed by atoms with E-state index in [0.717, 1.165) is 25.9 Å². The molecule has 0 saturated carbocycles. The standard InChI is InChI=1S/C15H19ClN2O3.ClH/c16-11-7-13-14(21-6-5-20-13)8-12(11)18-15(19)2-1-10-3-4-17-9-10;/h7-8,10,17H,1-6,9H2,(H,18,19);1H. The van der Waals surface area contributed by atoms with Crippen LogP contribution in [0.2, 0.25) is 5.02 Å². The molecular weight excluding hydrogens is 327 g/mol. The SMILES string of the molecule is Cl.O=C(CCC1CCNC1)Nc1cc2c(cc1Cl)OCCO2. The Morgan fingerprint density at radius 3 is 2.73 bits per heavy atom. The normalized spacial score (nSPS) is 19.4. The smallest absolute Gasteiger partial charge is 0.224 e. The Kier molecular flexibility index (Phi) is 6.17. The first-order valence-electron chi connectivity index (χ1n) is 7.32. The van der Waals surface area contributed by atoms with E-state index >= 15 is 0 Å². The predicted octanol–water partition coefficient (Wildman–Crippen LogP) is 2.86. The number of benzene rings is 1. The number of fused-ring (bicyclic) bond motifs is 1. The molecule has 122 valence electrons. The minimum Gasteiger partial charge on any atom is -0.486 e. The van der Waals surface area contributed by atoms with Crippen molar-refractivity contribution in [3.05, 3.63) is 17.2 Å². The van der Waals surface area contributed by atoms with Gasteiger partial charge in [0.25, 0.3) is 0 Å². The number of hydrogen-bond donors (Lipinski definition) is 2. The molecule has 0 radical (unpaired) electrons. The number of rotatable bonds is 4. The average molecular weight is 347 g/mol. The highest BCUT2D eigenvalue weighted by molar-refractivity contribution is 6.34. The van der Waals surface area contributed by atoms with Crippen LogP contribution in [0.1, 0.15) is 19.3 Å². The molecule has 0 bridgehead atoms. The lowest BCUT2D eigenvalue weighted by Crippen LogP contribution is -2.17. The van der Waals surface area contributed by atoms with E-state index in [9.17, 15) is 4.79 Å². The summed E-state index contributed by atoms with van der Waals surface area (Å²) in [4.78, 5) is 12.0. The average Bonchev–Trinajstić information content (AvgIpc) is 2.99. The summed E-state index contributed by atoms with van der Waals surface area (Å²) in [7, 11) is 0. The van der Waals surface area contributed by atoms with Gasteiger partial charge in [0.1, 0.15) is 13.2 Å². The molecule has 1 unspecified atom stereocenters. The van der Waals surface area contributed by atoms with Gasteiger partial charge in [-0.25, -0.2) is 0 Å². The molecule has 0 aliphatic carbocycles. The molecule has 7 heteroatoms. The van der Waals surface area contributed by atoms with Crippen molar-refractivity contribution in [3.63, 3.8) is 0 Å². The van der Waals surface area contributed by atoms with Crippen LogP contribution in [0.4, 0.5) is 5.69 Å². The van der Waals surface area contributed by atoms with Gasteiger partial charge in [0.15, 0.2) is 11.5 Å². The maximum Gasteiger partial charge on any atom is 0.224 e. The van der Waals surface area contributed by atoms with Crippen LogP contribution < -0.4 is 20.1 Å². The van der Waals surface area contributed by atoms with Crippen LogP contribution in [0.5, 0.6) is 11.5 Å². The van der Waals surface area contributed by atoms with Gasteiger partial charge in [-0.15, -0.1) is 12.4 Å². The van der Waals surface area contributed by atoms with Crippen LogP contribution in [-0.4, -0.2) is 32.2 Å². The maximum atomic E-state index is 12.0. The molecule has 0 aromatic heterocycles. The van der Waals surface area contributed by atoms with Crippen molar-refractivity contribution in [3.8, 4) is 11.5 Å². The van der Waals surface area contributed by atoms with Crippen LogP contribution in [-0.2, 0) is 4.79 Å². The fourth-order valence-corrected chi connectivity index (χ4v) is 2.87. The van der Waals surface area contributed by atoms with Crippen LogP contribution in [0, 0.1) is 5.92 Å². The van der Waals surface area contributed by atoms with E-state index in [4.69, 9.17) is 21.1 Å². The minimum atomic E-state index is -0.0134. The monoisotopic (exact) mass is 346 g/mol. The van der Waals surface area contributed by atoms with E-state index in [-0.39, 0.29) is 18.3 Å². The number of carbonyl (C=O) groups excluding carboxylic acids is 1. The minimum absolute atomic E-state index is 0. The molecular formula is C15H20Cl2N2O3. The van der Waals surface area contributed by atoms with Gasteiger partial charge in [-0.1, -0.05) is 11.6 Å². The maximum absolute atomic E-state index is 12.0. The summed E-state index contributed by atoms with van der Waals surface area (Å²) < 4.78 is 10.9. The van der Waals surface area contributed by atoms with Crippen LogP contribution >= 0.6 is 24.0 Å². The Morgan fingerprint density at radius 1 is 1.32 bits per heavy atom. The number of ether oxygens (including phenoxy) is 2. The first-order valence-corrected chi connectivity index (χ1v) is 7.70. The van der Waals surface area contributed by atoms with E-state index in [1.165, 1.54) is 0 Å². The molecule has 2 N–H and O–H groups in total. The van der Waals surface area contributed by atoms with Crippen molar-refractivity contribution < 1.29 is 14.3 Å². The zero-order valence-electron chi connectivity index (χ0n) is 12.2. The quantitative estimate of drug-likeness (QED) is 0.879. The van der Waals surface area contributed by atoms with Gasteiger partial charge >= 0.3 is 0 Å². The van der Waals surface area contributed by atoms with Crippen molar-refractivity contribution in [2.45, 2.75) is 19.3 Å². The molecule has 5 nitrogen and oxygen atoms in total. The molecule has 1 saturated heterocycles. The zero-order chi connectivity index (χ0) is 14.7. The van der Waals surface area contributed by atoms with E-state index in [2.05, 4.69) is 10.6 Å². The topological polar surface area (TPSA) is 59.6 Å². The molecule has 2 aliphatic rings. The molecule has 22 heavy (non-hydrogen) atoms. The number of carbonyl (C=O) groups is 1. The molecule has 1 atom stereocenters. The van der Waals surface area contributed by atoms with E-state index in [0.29, 0.717) is 47.8 Å². The number of hydrogen-bond acceptors (Lipinski definition) is 4. The highest BCUT2D eigenvalue weighted by atomic mass is 35.5. The van der Waals surface area contributed by atoms with Gasteiger partial charge in [-0.3, -0.25) is 4.79 Å². The number of amides is 1. The van der Waals surface area contributed by atoms with Gasteiger partial charge in [0.2, 0.25) is 5.91 Å². The Balaban J connectivity index is 0.00000176. The van der Waals surface area contributed by atoms with Crippen molar-refractivity contribution in [2.75, 3.05) is 31.6 Å². The summed E-state index contributed by atoms with van der Waals surface area (Å²) in [5.74, 6) is 1.84. The lowest BCUT2D eigenvalue weighted by Gasteiger charge is -2.20. The Labute approximate surface area is 141 Å².